The van der Waals surface area contributed by atoms with Crippen molar-refractivity contribution in [2.45, 2.75) is 13.0 Å². The molecule has 2 aromatic carbocycles. The van der Waals surface area contributed by atoms with Gasteiger partial charge in [0.15, 0.2) is 0 Å². The Hall–Kier alpha value is -2.13. The van der Waals surface area contributed by atoms with E-state index >= 15 is 0 Å². The third-order valence-electron chi connectivity index (χ3n) is 3.31. The number of furan rings is 1. The zero-order valence-electron chi connectivity index (χ0n) is 10.6. The van der Waals surface area contributed by atoms with Crippen LogP contribution in [0.25, 0.3) is 11.0 Å². The van der Waals surface area contributed by atoms with Crippen LogP contribution in [0.3, 0.4) is 0 Å². The van der Waals surface area contributed by atoms with Gasteiger partial charge in [0.2, 0.25) is 0 Å². The van der Waals surface area contributed by atoms with Crippen LogP contribution in [0.1, 0.15) is 22.9 Å². The van der Waals surface area contributed by atoms with Crippen LogP contribution < -0.4 is 5.73 Å². The predicted molar refractivity (Wildman–Crippen MR) is 73.4 cm³/mol. The molecule has 2 nitrogen and oxygen atoms in total. The van der Waals surface area contributed by atoms with Gasteiger partial charge in [0.05, 0.1) is 6.04 Å². The van der Waals surface area contributed by atoms with Gasteiger partial charge in [-0.3, -0.25) is 0 Å². The predicted octanol–water partition coefficient (Wildman–Crippen LogP) is 3.93. The molecule has 1 heterocycles. The Morgan fingerprint density at radius 2 is 1.89 bits per heavy atom. The molecule has 0 bridgehead atoms. The summed E-state index contributed by atoms with van der Waals surface area (Å²) in [5, 5.41) is 1.00. The molecule has 1 aromatic heterocycles. The van der Waals surface area contributed by atoms with E-state index in [0.29, 0.717) is 16.9 Å². The summed E-state index contributed by atoms with van der Waals surface area (Å²) in [5.41, 5.74) is 8.25. The van der Waals surface area contributed by atoms with Gasteiger partial charge in [-0.1, -0.05) is 30.3 Å². The Bertz CT molecular complexity index is 699. The molecule has 0 aliphatic carbocycles. The third-order valence-corrected chi connectivity index (χ3v) is 3.31. The van der Waals surface area contributed by atoms with Crippen molar-refractivity contribution in [2.24, 2.45) is 5.73 Å². The van der Waals surface area contributed by atoms with Crippen molar-refractivity contribution in [1.82, 2.24) is 0 Å². The van der Waals surface area contributed by atoms with E-state index in [1.54, 1.807) is 13.0 Å². The summed E-state index contributed by atoms with van der Waals surface area (Å²) < 4.78 is 19.3. The van der Waals surface area contributed by atoms with Crippen molar-refractivity contribution < 1.29 is 8.81 Å². The smallest absolute Gasteiger partial charge is 0.134 e. The molecule has 0 radical (unpaired) electrons. The Labute approximate surface area is 110 Å². The SMILES string of the molecule is Cc1ccc(C(N)c2cc3ccccc3o2)cc1F. The lowest BCUT2D eigenvalue weighted by molar-refractivity contribution is 0.523. The molecule has 3 rings (SSSR count). The second-order valence-corrected chi connectivity index (χ2v) is 4.67. The highest BCUT2D eigenvalue weighted by Crippen LogP contribution is 2.27. The maximum absolute atomic E-state index is 13.6. The first-order chi connectivity index (χ1) is 9.15. The highest BCUT2D eigenvalue weighted by Gasteiger charge is 2.15. The van der Waals surface area contributed by atoms with Crippen LogP contribution >= 0.6 is 0 Å². The number of benzene rings is 2. The number of hydrogen-bond acceptors (Lipinski definition) is 2. The van der Waals surface area contributed by atoms with Crippen molar-refractivity contribution in [2.75, 3.05) is 0 Å². The normalized spacial score (nSPS) is 12.8. The fraction of sp³-hybridized carbons (Fsp3) is 0.125. The van der Waals surface area contributed by atoms with Gasteiger partial charge < -0.3 is 10.2 Å². The molecule has 96 valence electrons. The van der Waals surface area contributed by atoms with Crippen LogP contribution in [0.2, 0.25) is 0 Å². The van der Waals surface area contributed by atoms with Gasteiger partial charge in [0, 0.05) is 5.39 Å². The van der Waals surface area contributed by atoms with Gasteiger partial charge in [-0.05, 0) is 36.2 Å². The van der Waals surface area contributed by atoms with Crippen molar-refractivity contribution in [3.8, 4) is 0 Å². The number of para-hydroxylation sites is 1. The van der Waals surface area contributed by atoms with E-state index in [1.807, 2.05) is 36.4 Å². The Balaban J connectivity index is 2.02. The van der Waals surface area contributed by atoms with E-state index in [2.05, 4.69) is 0 Å². The van der Waals surface area contributed by atoms with Gasteiger partial charge in [-0.2, -0.15) is 0 Å². The summed E-state index contributed by atoms with van der Waals surface area (Å²) in [4.78, 5) is 0. The molecule has 0 saturated heterocycles. The van der Waals surface area contributed by atoms with Gasteiger partial charge in [0.1, 0.15) is 17.2 Å². The van der Waals surface area contributed by atoms with Gasteiger partial charge in [-0.15, -0.1) is 0 Å². The molecule has 3 heteroatoms. The maximum Gasteiger partial charge on any atom is 0.134 e. The highest BCUT2D eigenvalue weighted by atomic mass is 19.1. The molecule has 0 spiro atoms. The maximum atomic E-state index is 13.6. The third kappa shape index (κ3) is 2.13. The summed E-state index contributed by atoms with van der Waals surface area (Å²) in [6.45, 7) is 1.73. The summed E-state index contributed by atoms with van der Waals surface area (Å²) >= 11 is 0. The molecule has 0 saturated carbocycles. The number of nitrogens with two attached hydrogens (primary N) is 1. The fourth-order valence-corrected chi connectivity index (χ4v) is 2.12. The minimum atomic E-state index is -0.456. The van der Waals surface area contributed by atoms with Crippen LogP contribution in [-0.2, 0) is 0 Å². The lowest BCUT2D eigenvalue weighted by Gasteiger charge is -2.09. The zero-order chi connectivity index (χ0) is 13.4. The monoisotopic (exact) mass is 255 g/mol. The molecule has 2 N–H and O–H groups in total. The second-order valence-electron chi connectivity index (χ2n) is 4.67. The van der Waals surface area contributed by atoms with Gasteiger partial charge in [0.25, 0.3) is 0 Å². The average molecular weight is 255 g/mol. The molecule has 0 aliphatic rings. The first-order valence-corrected chi connectivity index (χ1v) is 6.15. The van der Waals surface area contributed by atoms with E-state index in [4.69, 9.17) is 10.2 Å². The van der Waals surface area contributed by atoms with Crippen LogP contribution in [0.4, 0.5) is 4.39 Å². The molecule has 3 aromatic rings. The number of halogens is 1. The number of hydrogen-bond donors (Lipinski definition) is 1. The summed E-state index contributed by atoms with van der Waals surface area (Å²) in [6.07, 6.45) is 0. The molecule has 0 amide bonds. The van der Waals surface area contributed by atoms with E-state index in [-0.39, 0.29) is 5.82 Å². The summed E-state index contributed by atoms with van der Waals surface area (Å²) in [5.74, 6) is 0.397. The Morgan fingerprint density at radius 1 is 1.11 bits per heavy atom. The quantitative estimate of drug-likeness (QED) is 0.753. The summed E-state index contributed by atoms with van der Waals surface area (Å²) in [7, 11) is 0. The average Bonchev–Trinajstić information content (AvgIpc) is 2.85. The second kappa shape index (κ2) is 4.52. The lowest BCUT2D eigenvalue weighted by Crippen LogP contribution is -2.11. The largest absolute Gasteiger partial charge is 0.459 e. The molecule has 0 aliphatic heterocycles. The minimum Gasteiger partial charge on any atom is -0.459 e. The fourth-order valence-electron chi connectivity index (χ4n) is 2.12. The number of fused-ring (bicyclic) bond motifs is 1. The number of aryl methyl sites for hydroxylation is 1. The molecular weight excluding hydrogens is 241 g/mol. The van der Waals surface area contributed by atoms with Crippen LogP contribution in [0.5, 0.6) is 0 Å². The molecule has 19 heavy (non-hydrogen) atoms. The lowest BCUT2D eigenvalue weighted by atomic mass is 10.0. The van der Waals surface area contributed by atoms with Crippen molar-refractivity contribution >= 4 is 11.0 Å². The first-order valence-electron chi connectivity index (χ1n) is 6.15. The Kier molecular flexibility index (Phi) is 2.84. The van der Waals surface area contributed by atoms with Crippen LogP contribution in [0, 0.1) is 12.7 Å². The topological polar surface area (TPSA) is 39.2 Å². The van der Waals surface area contributed by atoms with Crippen LogP contribution in [-0.4, -0.2) is 0 Å². The number of rotatable bonds is 2. The highest BCUT2D eigenvalue weighted by molar-refractivity contribution is 5.77. The molecule has 1 unspecified atom stereocenters. The van der Waals surface area contributed by atoms with E-state index in [0.717, 1.165) is 11.0 Å². The van der Waals surface area contributed by atoms with Crippen molar-refractivity contribution in [3.63, 3.8) is 0 Å². The van der Waals surface area contributed by atoms with Gasteiger partial charge in [-0.25, -0.2) is 4.39 Å². The Morgan fingerprint density at radius 3 is 2.63 bits per heavy atom. The van der Waals surface area contributed by atoms with Crippen LogP contribution in [0.15, 0.2) is 52.9 Å². The van der Waals surface area contributed by atoms with Crippen molar-refractivity contribution in [3.05, 3.63) is 71.2 Å². The zero-order valence-corrected chi connectivity index (χ0v) is 10.6. The van der Waals surface area contributed by atoms with Gasteiger partial charge >= 0.3 is 0 Å². The van der Waals surface area contributed by atoms with E-state index in [9.17, 15) is 4.39 Å². The molecular formula is C16H14FNO. The first kappa shape index (κ1) is 11.9. The van der Waals surface area contributed by atoms with E-state index < -0.39 is 6.04 Å². The van der Waals surface area contributed by atoms with Crippen molar-refractivity contribution in [1.29, 1.82) is 0 Å². The molecule has 1 atom stereocenters. The summed E-state index contributed by atoms with van der Waals surface area (Å²) in [6, 6.07) is 14.2. The molecule has 0 fully saturated rings. The standard InChI is InChI=1S/C16H14FNO/c1-10-6-7-12(8-13(10)17)16(18)15-9-11-4-2-3-5-14(11)19-15/h2-9,16H,18H2,1H3. The van der Waals surface area contributed by atoms with E-state index in [1.165, 1.54) is 6.07 Å². The minimum absolute atomic E-state index is 0.246.